The molecule has 2 N–H and O–H groups in total. The van der Waals surface area contributed by atoms with Gasteiger partial charge in [0.05, 0.1) is 5.56 Å². The predicted molar refractivity (Wildman–Crippen MR) is 98.3 cm³/mol. The van der Waals surface area contributed by atoms with Crippen LogP contribution < -0.4 is 5.32 Å². The third kappa shape index (κ3) is 3.10. The molecule has 6 nitrogen and oxygen atoms in total. The molecule has 26 heavy (non-hydrogen) atoms. The minimum absolute atomic E-state index is 0.00966. The van der Waals surface area contributed by atoms with Gasteiger partial charge in [-0.3, -0.25) is 9.78 Å². The van der Waals surface area contributed by atoms with Gasteiger partial charge in [-0.05, 0) is 48.5 Å². The molecule has 7 heteroatoms. The van der Waals surface area contributed by atoms with E-state index in [4.69, 9.17) is 16.0 Å². The lowest BCUT2D eigenvalue weighted by molar-refractivity contribution is 0.102. The van der Waals surface area contributed by atoms with E-state index in [9.17, 15) is 9.90 Å². The number of phenolic OH excluding ortho intramolecular Hbond substituents is 1. The van der Waals surface area contributed by atoms with Crippen molar-refractivity contribution in [2.75, 3.05) is 5.32 Å². The normalized spacial score (nSPS) is 10.8. The van der Waals surface area contributed by atoms with Gasteiger partial charge in [-0.1, -0.05) is 11.6 Å². The molecule has 4 rings (SSSR count). The molecule has 0 aliphatic heterocycles. The van der Waals surface area contributed by atoms with Crippen molar-refractivity contribution in [1.82, 2.24) is 9.97 Å². The summed E-state index contributed by atoms with van der Waals surface area (Å²) in [5, 5.41) is 13.5. The quantitative estimate of drug-likeness (QED) is 0.522. The first-order valence-corrected chi connectivity index (χ1v) is 8.09. The highest BCUT2D eigenvalue weighted by Gasteiger charge is 2.14. The topological polar surface area (TPSA) is 88.2 Å². The Hall–Kier alpha value is -3.38. The van der Waals surface area contributed by atoms with Gasteiger partial charge in [-0.15, -0.1) is 0 Å². The number of rotatable bonds is 3. The van der Waals surface area contributed by atoms with E-state index in [0.29, 0.717) is 32.9 Å². The summed E-state index contributed by atoms with van der Waals surface area (Å²) in [6, 6.07) is 13.0. The molecule has 128 valence electrons. The molecule has 0 radical (unpaired) electrons. The first kappa shape index (κ1) is 16.1. The lowest BCUT2D eigenvalue weighted by atomic mass is 10.1. The summed E-state index contributed by atoms with van der Waals surface area (Å²) < 4.78 is 5.68. The number of aromatic hydroxyl groups is 1. The molecule has 0 bridgehead atoms. The maximum absolute atomic E-state index is 12.3. The van der Waals surface area contributed by atoms with Gasteiger partial charge < -0.3 is 14.8 Å². The van der Waals surface area contributed by atoms with Crippen LogP contribution in [-0.2, 0) is 0 Å². The minimum atomic E-state index is -0.284. The monoisotopic (exact) mass is 365 g/mol. The van der Waals surface area contributed by atoms with Gasteiger partial charge in [-0.2, -0.15) is 0 Å². The number of oxazole rings is 1. The molecule has 2 aromatic heterocycles. The molecule has 0 saturated heterocycles. The Morgan fingerprint density at radius 3 is 2.69 bits per heavy atom. The highest BCUT2D eigenvalue weighted by molar-refractivity contribution is 6.31. The fraction of sp³-hybridized carbons (Fsp3) is 0. The second-order valence-electron chi connectivity index (χ2n) is 5.55. The van der Waals surface area contributed by atoms with Gasteiger partial charge in [0.2, 0.25) is 5.89 Å². The van der Waals surface area contributed by atoms with E-state index in [1.165, 1.54) is 6.07 Å². The molecule has 0 saturated carbocycles. The zero-order valence-electron chi connectivity index (χ0n) is 13.3. The zero-order chi connectivity index (χ0) is 18.1. The molecule has 2 aromatic carbocycles. The molecule has 2 heterocycles. The standard InChI is InChI=1S/C19H12ClN3O3/c20-12-1-4-17-15(9-12)23-19(26-17)14-10-13(2-3-16(14)24)22-18(25)11-5-7-21-8-6-11/h1-10,24H,(H,22,25). The maximum Gasteiger partial charge on any atom is 0.255 e. The number of phenols is 1. The van der Waals surface area contributed by atoms with Crippen molar-refractivity contribution in [2.24, 2.45) is 0 Å². The number of hydrogen-bond donors (Lipinski definition) is 2. The number of carbonyl (C=O) groups excluding carboxylic acids is 1. The molecule has 4 aromatic rings. The second kappa shape index (κ2) is 6.50. The first-order valence-electron chi connectivity index (χ1n) is 7.71. The highest BCUT2D eigenvalue weighted by Crippen LogP contribution is 2.33. The van der Waals surface area contributed by atoms with Crippen molar-refractivity contribution in [1.29, 1.82) is 0 Å². The van der Waals surface area contributed by atoms with Gasteiger partial charge in [0.1, 0.15) is 11.3 Å². The number of anilines is 1. The van der Waals surface area contributed by atoms with Crippen molar-refractivity contribution >= 4 is 34.3 Å². The number of nitrogens with zero attached hydrogens (tertiary/aromatic N) is 2. The Bertz CT molecular complexity index is 1110. The summed E-state index contributed by atoms with van der Waals surface area (Å²) in [6.07, 6.45) is 3.08. The molecule has 0 unspecified atom stereocenters. The van der Waals surface area contributed by atoms with Gasteiger partial charge in [0.25, 0.3) is 5.91 Å². The number of fused-ring (bicyclic) bond motifs is 1. The number of nitrogens with one attached hydrogen (secondary N) is 1. The highest BCUT2D eigenvalue weighted by atomic mass is 35.5. The minimum Gasteiger partial charge on any atom is -0.507 e. The smallest absolute Gasteiger partial charge is 0.255 e. The summed E-state index contributed by atoms with van der Waals surface area (Å²) >= 11 is 5.96. The predicted octanol–water partition coefficient (Wildman–Crippen LogP) is 4.50. The van der Waals surface area contributed by atoms with Crippen LogP contribution in [0.5, 0.6) is 5.75 Å². The molecule has 0 fully saturated rings. The van der Waals surface area contributed by atoms with Crippen LogP contribution in [0.1, 0.15) is 10.4 Å². The average molecular weight is 366 g/mol. The largest absolute Gasteiger partial charge is 0.507 e. The van der Waals surface area contributed by atoms with Crippen molar-refractivity contribution in [3.63, 3.8) is 0 Å². The molecule has 0 aliphatic rings. The van der Waals surface area contributed by atoms with Gasteiger partial charge in [0, 0.05) is 28.7 Å². The van der Waals surface area contributed by atoms with Crippen LogP contribution in [0.25, 0.3) is 22.6 Å². The van der Waals surface area contributed by atoms with Crippen LogP contribution in [0.4, 0.5) is 5.69 Å². The van der Waals surface area contributed by atoms with Gasteiger partial charge in [0.15, 0.2) is 5.58 Å². The van der Waals surface area contributed by atoms with Crippen molar-refractivity contribution in [3.8, 4) is 17.2 Å². The number of pyridine rings is 1. The number of amides is 1. The van der Waals surface area contributed by atoms with Crippen molar-refractivity contribution < 1.29 is 14.3 Å². The van der Waals surface area contributed by atoms with Gasteiger partial charge in [-0.25, -0.2) is 4.98 Å². The average Bonchev–Trinajstić information content (AvgIpc) is 3.07. The van der Waals surface area contributed by atoms with Crippen LogP contribution in [-0.4, -0.2) is 21.0 Å². The van der Waals surface area contributed by atoms with E-state index in [-0.39, 0.29) is 17.5 Å². The third-order valence-electron chi connectivity index (χ3n) is 3.78. The Morgan fingerprint density at radius 1 is 1.08 bits per heavy atom. The lowest BCUT2D eigenvalue weighted by Crippen LogP contribution is -2.11. The Kier molecular flexibility index (Phi) is 4.02. The van der Waals surface area contributed by atoms with E-state index in [1.807, 2.05) is 0 Å². The zero-order valence-corrected chi connectivity index (χ0v) is 14.1. The number of carbonyl (C=O) groups is 1. The Balaban J connectivity index is 1.68. The first-order chi connectivity index (χ1) is 12.6. The summed E-state index contributed by atoms with van der Waals surface area (Å²) in [5.74, 6) is -0.0577. The van der Waals surface area contributed by atoms with Crippen molar-refractivity contribution in [3.05, 3.63) is 71.5 Å². The fourth-order valence-corrected chi connectivity index (χ4v) is 2.67. The van der Waals surface area contributed by atoms with E-state index >= 15 is 0 Å². The Labute approximate surface area is 153 Å². The second-order valence-corrected chi connectivity index (χ2v) is 5.99. The fourth-order valence-electron chi connectivity index (χ4n) is 2.51. The number of hydrogen-bond acceptors (Lipinski definition) is 5. The lowest BCUT2D eigenvalue weighted by Gasteiger charge is -2.07. The van der Waals surface area contributed by atoms with Crippen LogP contribution in [0.2, 0.25) is 5.02 Å². The molecule has 0 spiro atoms. The SMILES string of the molecule is O=C(Nc1ccc(O)c(-c2nc3cc(Cl)ccc3o2)c1)c1ccncc1. The Morgan fingerprint density at radius 2 is 1.88 bits per heavy atom. The number of aromatic nitrogens is 2. The summed E-state index contributed by atoms with van der Waals surface area (Å²) in [6.45, 7) is 0. The van der Waals surface area contributed by atoms with Gasteiger partial charge >= 0.3 is 0 Å². The molecular weight excluding hydrogens is 354 g/mol. The third-order valence-corrected chi connectivity index (χ3v) is 4.01. The maximum atomic E-state index is 12.3. The number of benzene rings is 2. The van der Waals surface area contributed by atoms with E-state index in [1.54, 1.807) is 54.9 Å². The molecular formula is C19H12ClN3O3. The number of halogens is 1. The molecule has 0 atom stereocenters. The molecule has 0 aliphatic carbocycles. The van der Waals surface area contributed by atoms with E-state index < -0.39 is 0 Å². The summed E-state index contributed by atoms with van der Waals surface area (Å²) in [4.78, 5) is 20.5. The van der Waals surface area contributed by atoms with Crippen molar-refractivity contribution in [2.45, 2.75) is 0 Å². The van der Waals surface area contributed by atoms with Crippen LogP contribution in [0.15, 0.2) is 65.3 Å². The van der Waals surface area contributed by atoms with Crippen LogP contribution >= 0.6 is 11.6 Å². The molecule has 1 amide bonds. The summed E-state index contributed by atoms with van der Waals surface area (Å²) in [7, 11) is 0. The van der Waals surface area contributed by atoms with Crippen LogP contribution in [0, 0.1) is 0 Å². The summed E-state index contributed by atoms with van der Waals surface area (Å²) in [5.41, 5.74) is 2.48. The van der Waals surface area contributed by atoms with E-state index in [0.717, 1.165) is 0 Å². The van der Waals surface area contributed by atoms with E-state index in [2.05, 4.69) is 15.3 Å². The van der Waals surface area contributed by atoms with Crippen LogP contribution in [0.3, 0.4) is 0 Å².